The van der Waals surface area contributed by atoms with E-state index in [1.54, 1.807) is 0 Å². The zero-order valence-electron chi connectivity index (χ0n) is 9.64. The van der Waals surface area contributed by atoms with Gasteiger partial charge >= 0.3 is 0 Å². The number of rotatable bonds is 2. The van der Waals surface area contributed by atoms with Crippen LogP contribution in [0.2, 0.25) is 0 Å². The minimum Gasteiger partial charge on any atom is -0.298 e. The van der Waals surface area contributed by atoms with Gasteiger partial charge in [-0.3, -0.25) is 4.79 Å². The maximum atomic E-state index is 12.0. The van der Waals surface area contributed by atoms with Gasteiger partial charge in [0.25, 0.3) is 10.1 Å². The highest BCUT2D eigenvalue weighted by molar-refractivity contribution is 7.88. The maximum Gasteiger partial charge on any atom is 0.293 e. The van der Waals surface area contributed by atoms with Crippen LogP contribution in [0.5, 0.6) is 0 Å². The van der Waals surface area contributed by atoms with Gasteiger partial charge in [-0.15, -0.1) is 0 Å². The minimum absolute atomic E-state index is 0.157. The van der Waals surface area contributed by atoms with Gasteiger partial charge in [-0.05, 0) is 23.7 Å². The fourth-order valence-electron chi connectivity index (χ4n) is 3.33. The molecule has 0 heterocycles. The van der Waals surface area contributed by atoms with Gasteiger partial charge < -0.3 is 0 Å². The summed E-state index contributed by atoms with van der Waals surface area (Å²) in [4.78, 5) is 12.0. The van der Waals surface area contributed by atoms with Crippen LogP contribution in [0.25, 0.3) is 0 Å². The van der Waals surface area contributed by atoms with Crippen molar-refractivity contribution >= 4 is 15.9 Å². The molecule has 2 fully saturated rings. The van der Waals surface area contributed by atoms with Gasteiger partial charge in [0.15, 0.2) is 5.78 Å². The zero-order valence-corrected chi connectivity index (χ0v) is 10.5. The van der Waals surface area contributed by atoms with Gasteiger partial charge in [0, 0.05) is 5.92 Å². The first kappa shape index (κ1) is 12.0. The first-order chi connectivity index (χ1) is 7.23. The van der Waals surface area contributed by atoms with Crippen LogP contribution >= 0.6 is 0 Å². The third kappa shape index (κ3) is 1.30. The van der Waals surface area contributed by atoms with Gasteiger partial charge in [0.05, 0.1) is 0 Å². The molecule has 2 N–H and O–H groups in total. The molecule has 0 spiro atoms. The lowest BCUT2D eigenvalue weighted by Gasteiger charge is -2.38. The fraction of sp³-hybridized carbons (Fsp3) is 0.900. The molecule has 0 amide bonds. The standard InChI is InChI=1S/C10H17NO4S/c1-5-6-4-7(10(5,2)3)9(8(6)12)16(13,14)15-11/h5-7,9H,4,11H2,1-3H3/t5-,6+,7+,9+/m0/s1. The van der Waals surface area contributed by atoms with E-state index in [-0.39, 0.29) is 29.0 Å². The number of ketones is 1. The Kier molecular flexibility index (Phi) is 2.46. The highest BCUT2D eigenvalue weighted by Gasteiger charge is 2.64. The summed E-state index contributed by atoms with van der Waals surface area (Å²) in [7, 11) is -3.94. The molecule has 2 aliphatic carbocycles. The summed E-state index contributed by atoms with van der Waals surface area (Å²) in [6, 6.07) is 0. The van der Waals surface area contributed by atoms with E-state index in [9.17, 15) is 13.2 Å². The van der Waals surface area contributed by atoms with E-state index >= 15 is 0 Å². The van der Waals surface area contributed by atoms with Crippen molar-refractivity contribution in [3.8, 4) is 0 Å². The monoisotopic (exact) mass is 247 g/mol. The molecular formula is C10H17NO4S. The summed E-state index contributed by atoms with van der Waals surface area (Å²) >= 11 is 0. The Morgan fingerprint density at radius 2 is 2.00 bits per heavy atom. The van der Waals surface area contributed by atoms with Gasteiger partial charge in [-0.1, -0.05) is 20.8 Å². The van der Waals surface area contributed by atoms with Crippen molar-refractivity contribution in [2.45, 2.75) is 32.4 Å². The molecule has 0 aromatic heterocycles. The van der Waals surface area contributed by atoms with E-state index < -0.39 is 15.4 Å². The number of carbonyl (C=O) groups excluding carboxylic acids is 1. The van der Waals surface area contributed by atoms with Crippen molar-refractivity contribution < 1.29 is 17.5 Å². The van der Waals surface area contributed by atoms with E-state index in [1.165, 1.54) is 0 Å². The van der Waals surface area contributed by atoms with Crippen molar-refractivity contribution in [1.82, 2.24) is 0 Å². The molecule has 4 atom stereocenters. The normalized spacial score (nSPS) is 41.6. The van der Waals surface area contributed by atoms with E-state index in [0.717, 1.165) is 0 Å². The number of Topliss-reactive ketones (excluding diaryl/α,β-unsaturated/α-hetero) is 1. The second-order valence-electron chi connectivity index (χ2n) is 5.47. The predicted molar refractivity (Wildman–Crippen MR) is 57.5 cm³/mol. The minimum atomic E-state index is -3.94. The third-order valence-corrected chi connectivity index (χ3v) is 6.15. The SMILES string of the molecule is C[C@H]1[C@H]2C[C@H]([C@@H](S(=O)(=O)ON)C2=O)C1(C)C. The molecule has 5 nitrogen and oxygen atoms in total. The first-order valence-corrected chi connectivity index (χ1v) is 6.86. The fourth-order valence-corrected chi connectivity index (χ4v) is 4.77. The molecule has 2 aliphatic rings. The largest absolute Gasteiger partial charge is 0.298 e. The number of fused-ring (bicyclic) bond motifs is 2. The molecule has 16 heavy (non-hydrogen) atoms. The second-order valence-corrected chi connectivity index (χ2v) is 7.16. The summed E-state index contributed by atoms with van der Waals surface area (Å²) < 4.78 is 27.3. The Hall–Kier alpha value is -0.460. The Balaban J connectivity index is 2.44. The average molecular weight is 247 g/mol. The van der Waals surface area contributed by atoms with Crippen molar-refractivity contribution in [3.63, 3.8) is 0 Å². The molecule has 0 aromatic carbocycles. The highest BCUT2D eigenvalue weighted by Crippen LogP contribution is 2.59. The van der Waals surface area contributed by atoms with Crippen molar-refractivity contribution in [1.29, 1.82) is 0 Å². The van der Waals surface area contributed by atoms with Gasteiger partial charge in [-0.25, -0.2) is 0 Å². The lowest BCUT2D eigenvalue weighted by Crippen LogP contribution is -2.47. The van der Waals surface area contributed by atoms with Crippen LogP contribution in [0.1, 0.15) is 27.2 Å². The Morgan fingerprint density at radius 1 is 1.44 bits per heavy atom. The van der Waals surface area contributed by atoms with Gasteiger partial charge in [0.1, 0.15) is 5.25 Å². The Labute approximate surface area is 95.4 Å². The molecule has 0 aromatic rings. The Morgan fingerprint density at radius 3 is 2.44 bits per heavy atom. The van der Waals surface area contributed by atoms with Crippen molar-refractivity contribution in [2.24, 2.45) is 29.1 Å². The van der Waals surface area contributed by atoms with Gasteiger partial charge in [0.2, 0.25) is 0 Å². The molecule has 0 radical (unpaired) electrons. The molecule has 92 valence electrons. The number of nitrogens with two attached hydrogens (primary N) is 1. The number of hydrogen-bond donors (Lipinski definition) is 1. The quantitative estimate of drug-likeness (QED) is 0.716. The molecular weight excluding hydrogens is 230 g/mol. The summed E-state index contributed by atoms with van der Waals surface area (Å²) in [6.07, 6.45) is 0.639. The third-order valence-electron chi connectivity index (χ3n) is 4.70. The second kappa shape index (κ2) is 3.27. The van der Waals surface area contributed by atoms with Crippen LogP contribution in [-0.2, 0) is 19.2 Å². The first-order valence-electron chi connectivity index (χ1n) is 5.39. The van der Waals surface area contributed by atoms with Gasteiger partial charge in [-0.2, -0.15) is 18.6 Å². The van der Waals surface area contributed by atoms with E-state index in [0.29, 0.717) is 6.42 Å². The summed E-state index contributed by atoms with van der Waals surface area (Å²) in [5.41, 5.74) is -0.158. The summed E-state index contributed by atoms with van der Waals surface area (Å²) in [5, 5.41) is -1.06. The molecule has 0 unspecified atom stereocenters. The topological polar surface area (TPSA) is 86.5 Å². The van der Waals surface area contributed by atoms with Crippen LogP contribution in [0, 0.1) is 23.2 Å². The molecule has 2 rings (SSSR count). The highest BCUT2D eigenvalue weighted by atomic mass is 32.2. The molecule has 6 heteroatoms. The van der Waals surface area contributed by atoms with Crippen LogP contribution in [0.15, 0.2) is 0 Å². The van der Waals surface area contributed by atoms with Crippen molar-refractivity contribution in [3.05, 3.63) is 0 Å². The van der Waals surface area contributed by atoms with Crippen LogP contribution in [0.3, 0.4) is 0 Å². The molecule has 0 aliphatic heterocycles. The Bertz CT molecular complexity index is 428. The molecule has 0 saturated heterocycles. The predicted octanol–water partition coefficient (Wildman–Crippen LogP) is 0.456. The lowest BCUT2D eigenvalue weighted by atomic mass is 9.69. The van der Waals surface area contributed by atoms with E-state index in [1.807, 2.05) is 20.8 Å². The summed E-state index contributed by atoms with van der Waals surface area (Å²) in [5.74, 6) is 4.43. The molecule has 2 saturated carbocycles. The lowest BCUT2D eigenvalue weighted by molar-refractivity contribution is -0.125. The van der Waals surface area contributed by atoms with E-state index in [4.69, 9.17) is 5.90 Å². The van der Waals surface area contributed by atoms with Crippen LogP contribution < -0.4 is 5.90 Å². The maximum absolute atomic E-state index is 12.0. The van der Waals surface area contributed by atoms with Crippen molar-refractivity contribution in [2.75, 3.05) is 0 Å². The van der Waals surface area contributed by atoms with E-state index in [2.05, 4.69) is 4.28 Å². The number of hydrogen-bond acceptors (Lipinski definition) is 5. The number of carbonyl (C=O) groups is 1. The average Bonchev–Trinajstić information content (AvgIpc) is 2.64. The van der Waals surface area contributed by atoms with Crippen LogP contribution in [-0.4, -0.2) is 19.5 Å². The van der Waals surface area contributed by atoms with Crippen LogP contribution in [0.4, 0.5) is 0 Å². The molecule has 2 bridgehead atoms. The summed E-state index contributed by atoms with van der Waals surface area (Å²) in [6.45, 7) is 6.02. The smallest absolute Gasteiger partial charge is 0.293 e. The zero-order chi connectivity index (χ0) is 12.3.